The highest BCUT2D eigenvalue weighted by Crippen LogP contribution is 2.22. The van der Waals surface area contributed by atoms with Crippen molar-refractivity contribution in [2.45, 2.75) is 12.1 Å². The third-order valence-electron chi connectivity index (χ3n) is 2.60. The Kier molecular flexibility index (Phi) is 2.11. The number of nitrogens with zero attached hydrogens (tertiary/aromatic N) is 1. The summed E-state index contributed by atoms with van der Waals surface area (Å²) in [7, 11) is 0. The third-order valence-corrected chi connectivity index (χ3v) is 2.60. The van der Waals surface area contributed by atoms with E-state index >= 15 is 0 Å². The van der Waals surface area contributed by atoms with Gasteiger partial charge in [0.1, 0.15) is 11.7 Å². The molecule has 15 heavy (non-hydrogen) atoms. The van der Waals surface area contributed by atoms with E-state index in [4.69, 9.17) is 11.5 Å². The van der Waals surface area contributed by atoms with Gasteiger partial charge in [0.25, 0.3) is 5.91 Å². The van der Waals surface area contributed by atoms with E-state index in [9.17, 15) is 9.59 Å². The van der Waals surface area contributed by atoms with E-state index in [1.54, 1.807) is 4.90 Å². The van der Waals surface area contributed by atoms with Crippen molar-refractivity contribution < 1.29 is 9.59 Å². The molecule has 2 atom stereocenters. The average molecular weight is 208 g/mol. The molecule has 2 aliphatic rings. The van der Waals surface area contributed by atoms with Gasteiger partial charge in [0.2, 0.25) is 5.91 Å². The summed E-state index contributed by atoms with van der Waals surface area (Å²) in [5.41, 5.74) is 10.8. The van der Waals surface area contributed by atoms with Crippen molar-refractivity contribution in [3.63, 3.8) is 0 Å². The fourth-order valence-electron chi connectivity index (χ4n) is 1.90. The molecule has 0 aliphatic carbocycles. The van der Waals surface area contributed by atoms with Crippen molar-refractivity contribution in [3.05, 3.63) is 24.0 Å². The van der Waals surface area contributed by atoms with Gasteiger partial charge in [-0.25, -0.2) is 0 Å². The minimum absolute atomic E-state index is 0.213. The number of hydrogen-bond acceptors (Lipinski definition) is 4. The van der Waals surface area contributed by atoms with E-state index in [0.29, 0.717) is 12.2 Å². The first kappa shape index (κ1) is 9.57. The molecule has 2 aliphatic heterocycles. The second-order valence-electron chi connectivity index (χ2n) is 3.51. The number of rotatable bonds is 2. The highest BCUT2D eigenvalue weighted by Gasteiger charge is 2.37. The number of carbonyl (C=O) groups is 2. The third kappa shape index (κ3) is 1.43. The van der Waals surface area contributed by atoms with Crippen LogP contribution in [0.15, 0.2) is 24.0 Å². The largest absolute Gasteiger partial charge is 0.376 e. The molecule has 0 spiro atoms. The molecular formula is C9H12N4O2. The molecule has 0 saturated carbocycles. The number of nitrogens with two attached hydrogens (primary N) is 2. The standard InChI is InChI=1S/C9H12N4O2/c10-8(14)6-4-12-7(9(11)15)5-2-1-3-13(5)6/h1-2,4-5,7,12H,3H2,(H2,10,14)(H2,11,15). The molecule has 2 amide bonds. The van der Waals surface area contributed by atoms with Crippen LogP contribution in [-0.2, 0) is 9.59 Å². The summed E-state index contributed by atoms with van der Waals surface area (Å²) in [4.78, 5) is 24.0. The topological polar surface area (TPSA) is 101 Å². The van der Waals surface area contributed by atoms with Crippen LogP contribution in [0.25, 0.3) is 0 Å². The van der Waals surface area contributed by atoms with E-state index in [2.05, 4.69) is 5.32 Å². The van der Waals surface area contributed by atoms with Crippen LogP contribution >= 0.6 is 0 Å². The molecule has 0 fully saturated rings. The molecule has 0 aromatic heterocycles. The molecule has 80 valence electrons. The summed E-state index contributed by atoms with van der Waals surface area (Å²) in [6, 6.07) is -0.721. The zero-order valence-electron chi connectivity index (χ0n) is 8.01. The fraction of sp³-hybridized carbons (Fsp3) is 0.333. The minimum atomic E-state index is -0.515. The van der Waals surface area contributed by atoms with Crippen molar-refractivity contribution in [1.29, 1.82) is 0 Å². The van der Waals surface area contributed by atoms with Crippen LogP contribution in [0.5, 0.6) is 0 Å². The quantitative estimate of drug-likeness (QED) is 0.457. The number of amides is 2. The molecule has 0 saturated heterocycles. The smallest absolute Gasteiger partial charge is 0.266 e. The summed E-state index contributed by atoms with van der Waals surface area (Å²) in [5.74, 6) is -0.963. The predicted molar refractivity (Wildman–Crippen MR) is 53.0 cm³/mol. The Hall–Kier alpha value is -1.98. The number of fused-ring (bicyclic) bond motifs is 1. The Labute approximate surface area is 86.6 Å². The van der Waals surface area contributed by atoms with Crippen LogP contribution in [0.1, 0.15) is 0 Å². The van der Waals surface area contributed by atoms with Crippen molar-refractivity contribution in [2.75, 3.05) is 6.54 Å². The lowest BCUT2D eigenvalue weighted by atomic mass is 10.0. The first-order valence-corrected chi connectivity index (χ1v) is 4.60. The van der Waals surface area contributed by atoms with Gasteiger partial charge in [-0.05, 0) is 0 Å². The molecule has 2 unspecified atom stereocenters. The van der Waals surface area contributed by atoms with E-state index in [-0.39, 0.29) is 6.04 Å². The Morgan fingerprint density at radius 3 is 2.80 bits per heavy atom. The maximum absolute atomic E-state index is 11.1. The van der Waals surface area contributed by atoms with E-state index in [0.717, 1.165) is 0 Å². The van der Waals surface area contributed by atoms with Gasteiger partial charge in [-0.15, -0.1) is 0 Å². The van der Waals surface area contributed by atoms with Gasteiger partial charge in [-0.3, -0.25) is 9.59 Å². The minimum Gasteiger partial charge on any atom is -0.376 e. The highest BCUT2D eigenvalue weighted by molar-refractivity contribution is 5.92. The van der Waals surface area contributed by atoms with E-state index in [1.807, 2.05) is 12.2 Å². The molecule has 6 heteroatoms. The van der Waals surface area contributed by atoms with Crippen LogP contribution < -0.4 is 16.8 Å². The number of primary amides is 2. The zero-order valence-corrected chi connectivity index (χ0v) is 8.01. The maximum Gasteiger partial charge on any atom is 0.266 e. The van der Waals surface area contributed by atoms with Gasteiger partial charge in [0.15, 0.2) is 0 Å². The van der Waals surface area contributed by atoms with Crippen LogP contribution in [0.3, 0.4) is 0 Å². The normalized spacial score (nSPS) is 28.0. The van der Waals surface area contributed by atoms with E-state index < -0.39 is 17.9 Å². The number of hydrogen-bond donors (Lipinski definition) is 3. The van der Waals surface area contributed by atoms with Crippen molar-refractivity contribution in [2.24, 2.45) is 11.5 Å². The SMILES string of the molecule is NC(=O)C1=CNC(C(N)=O)C2C=CCN12. The summed E-state index contributed by atoms with van der Waals surface area (Å²) in [5, 5.41) is 2.79. The molecule has 6 nitrogen and oxygen atoms in total. The van der Waals surface area contributed by atoms with Gasteiger partial charge in [0.05, 0.1) is 6.04 Å². The summed E-state index contributed by atoms with van der Waals surface area (Å²) >= 11 is 0. The summed E-state index contributed by atoms with van der Waals surface area (Å²) in [6.07, 6.45) is 5.17. The first-order chi connectivity index (χ1) is 7.11. The lowest BCUT2D eigenvalue weighted by molar-refractivity contribution is -0.122. The molecule has 0 aromatic carbocycles. The Balaban J connectivity index is 2.30. The Bertz CT molecular complexity index is 374. The molecule has 2 heterocycles. The summed E-state index contributed by atoms with van der Waals surface area (Å²) in [6.45, 7) is 0.574. The monoisotopic (exact) mass is 208 g/mol. The van der Waals surface area contributed by atoms with Gasteiger partial charge < -0.3 is 21.7 Å². The van der Waals surface area contributed by atoms with Crippen molar-refractivity contribution in [1.82, 2.24) is 10.2 Å². The highest BCUT2D eigenvalue weighted by atomic mass is 16.2. The number of nitrogens with one attached hydrogen (secondary N) is 1. The lowest BCUT2D eigenvalue weighted by Crippen LogP contribution is -2.56. The van der Waals surface area contributed by atoms with Crippen LogP contribution in [0, 0.1) is 0 Å². The van der Waals surface area contributed by atoms with Gasteiger partial charge in [-0.2, -0.15) is 0 Å². The molecule has 2 rings (SSSR count). The van der Waals surface area contributed by atoms with Crippen LogP contribution in [0.4, 0.5) is 0 Å². The van der Waals surface area contributed by atoms with Gasteiger partial charge in [-0.1, -0.05) is 12.2 Å². The van der Waals surface area contributed by atoms with Crippen LogP contribution in [-0.4, -0.2) is 35.3 Å². The average Bonchev–Trinajstić information content (AvgIpc) is 2.63. The molecule has 0 aromatic rings. The van der Waals surface area contributed by atoms with E-state index in [1.165, 1.54) is 6.20 Å². The number of carbonyl (C=O) groups excluding carboxylic acids is 2. The Morgan fingerprint density at radius 2 is 2.20 bits per heavy atom. The maximum atomic E-state index is 11.1. The first-order valence-electron chi connectivity index (χ1n) is 4.60. The fourth-order valence-corrected chi connectivity index (χ4v) is 1.90. The van der Waals surface area contributed by atoms with Crippen molar-refractivity contribution >= 4 is 11.8 Å². The van der Waals surface area contributed by atoms with Crippen molar-refractivity contribution in [3.8, 4) is 0 Å². The van der Waals surface area contributed by atoms with Gasteiger partial charge >= 0.3 is 0 Å². The summed E-state index contributed by atoms with van der Waals surface area (Å²) < 4.78 is 0. The zero-order chi connectivity index (χ0) is 11.0. The molecular weight excluding hydrogens is 196 g/mol. The van der Waals surface area contributed by atoms with Crippen LogP contribution in [0.2, 0.25) is 0 Å². The second kappa shape index (κ2) is 3.30. The Morgan fingerprint density at radius 1 is 1.47 bits per heavy atom. The molecule has 0 bridgehead atoms. The molecule has 0 radical (unpaired) electrons. The molecule has 5 N–H and O–H groups in total. The predicted octanol–water partition coefficient (Wildman–Crippen LogP) is -1.99. The van der Waals surface area contributed by atoms with Gasteiger partial charge in [0, 0.05) is 12.7 Å². The lowest BCUT2D eigenvalue weighted by Gasteiger charge is -2.36. The second-order valence-corrected chi connectivity index (χ2v) is 3.51.